The summed E-state index contributed by atoms with van der Waals surface area (Å²) < 4.78 is 0.924. The van der Waals surface area contributed by atoms with Gasteiger partial charge in [0.15, 0.2) is 6.04 Å². The van der Waals surface area contributed by atoms with Crippen LogP contribution in [0, 0.1) is 0 Å². The molecule has 1 heterocycles. The third-order valence-corrected chi connectivity index (χ3v) is 2.45. The van der Waals surface area contributed by atoms with E-state index in [0.29, 0.717) is 12.0 Å². The number of hydrogen-bond donors (Lipinski definition) is 1. The van der Waals surface area contributed by atoms with Crippen LogP contribution in [0.1, 0.15) is 25.5 Å². The largest absolute Gasteiger partial charge is 0.480 e. The second-order valence-corrected chi connectivity index (χ2v) is 3.50. The lowest BCUT2D eigenvalue weighted by Crippen LogP contribution is -2.32. The van der Waals surface area contributed by atoms with Crippen LogP contribution in [0.5, 0.6) is 0 Å². The van der Waals surface area contributed by atoms with Crippen molar-refractivity contribution in [2.24, 2.45) is 0 Å². The zero-order valence-corrected chi connectivity index (χ0v) is 9.15. The molecule has 1 aromatic heterocycles. The summed E-state index contributed by atoms with van der Waals surface area (Å²) in [5, 5.41) is 12.7. The van der Waals surface area contributed by atoms with E-state index in [2.05, 4.69) is 5.10 Å². The Kier molecular flexibility index (Phi) is 3.47. The highest BCUT2D eigenvalue weighted by molar-refractivity contribution is 6.31. The van der Waals surface area contributed by atoms with E-state index in [-0.39, 0.29) is 5.02 Å². The van der Waals surface area contributed by atoms with Gasteiger partial charge < -0.3 is 5.11 Å². The van der Waals surface area contributed by atoms with Crippen LogP contribution in [0.15, 0.2) is 11.0 Å². The molecule has 1 aromatic rings. The number of carbonyl (C=O) groups is 1. The molecule has 0 aliphatic carbocycles. The van der Waals surface area contributed by atoms with E-state index < -0.39 is 17.6 Å². The summed E-state index contributed by atoms with van der Waals surface area (Å²) in [6.45, 7) is 3.17. The van der Waals surface area contributed by atoms with Crippen LogP contribution in [0.25, 0.3) is 0 Å². The van der Waals surface area contributed by atoms with Crippen LogP contribution < -0.4 is 5.56 Å². The first-order chi connectivity index (χ1) is 6.99. The summed E-state index contributed by atoms with van der Waals surface area (Å²) in [6.07, 6.45) is 1.74. The first kappa shape index (κ1) is 11.7. The van der Waals surface area contributed by atoms with Crippen molar-refractivity contribution in [3.05, 3.63) is 27.1 Å². The third-order valence-electron chi connectivity index (χ3n) is 2.13. The van der Waals surface area contributed by atoms with E-state index >= 15 is 0 Å². The Morgan fingerprint density at radius 1 is 1.73 bits per heavy atom. The second kappa shape index (κ2) is 4.44. The standard InChI is InChI=1S/C9H11ClN2O3/c1-3-6-7(10)4-11-12(8(6)13)5(2)9(14)15/h4-5H,3H2,1-2H3,(H,14,15). The van der Waals surface area contributed by atoms with Gasteiger partial charge in [-0.1, -0.05) is 18.5 Å². The van der Waals surface area contributed by atoms with Gasteiger partial charge in [0.1, 0.15) is 0 Å². The fourth-order valence-corrected chi connectivity index (χ4v) is 1.44. The van der Waals surface area contributed by atoms with Crippen molar-refractivity contribution in [3.8, 4) is 0 Å². The van der Waals surface area contributed by atoms with Gasteiger partial charge in [-0.3, -0.25) is 4.79 Å². The summed E-state index contributed by atoms with van der Waals surface area (Å²) in [6, 6.07) is -0.986. The van der Waals surface area contributed by atoms with E-state index in [1.807, 2.05) is 0 Å². The summed E-state index contributed by atoms with van der Waals surface area (Å²) in [7, 11) is 0. The molecule has 1 atom stereocenters. The fraction of sp³-hybridized carbons (Fsp3) is 0.444. The third kappa shape index (κ3) is 2.18. The van der Waals surface area contributed by atoms with Gasteiger partial charge in [0, 0.05) is 5.56 Å². The van der Waals surface area contributed by atoms with Crippen molar-refractivity contribution in [3.63, 3.8) is 0 Å². The minimum Gasteiger partial charge on any atom is -0.480 e. The average molecular weight is 231 g/mol. The molecule has 0 radical (unpaired) electrons. The average Bonchev–Trinajstić information content (AvgIpc) is 2.17. The smallest absolute Gasteiger partial charge is 0.328 e. The maximum Gasteiger partial charge on any atom is 0.328 e. The Bertz CT molecular complexity index is 441. The molecular formula is C9H11ClN2O3. The zero-order valence-electron chi connectivity index (χ0n) is 8.40. The lowest BCUT2D eigenvalue weighted by Gasteiger charge is -2.10. The lowest BCUT2D eigenvalue weighted by atomic mass is 10.2. The van der Waals surface area contributed by atoms with Gasteiger partial charge in [0.05, 0.1) is 11.2 Å². The molecule has 0 fully saturated rings. The number of rotatable bonds is 3. The first-order valence-electron chi connectivity index (χ1n) is 4.48. The molecule has 6 heteroatoms. The summed E-state index contributed by atoms with van der Waals surface area (Å²) in [4.78, 5) is 22.4. The number of aromatic nitrogens is 2. The van der Waals surface area contributed by atoms with Gasteiger partial charge in [0.25, 0.3) is 5.56 Å². The fourth-order valence-electron chi connectivity index (χ4n) is 1.18. The maximum absolute atomic E-state index is 11.7. The topological polar surface area (TPSA) is 72.2 Å². The Morgan fingerprint density at radius 2 is 2.33 bits per heavy atom. The highest BCUT2D eigenvalue weighted by Gasteiger charge is 2.18. The lowest BCUT2D eigenvalue weighted by molar-refractivity contribution is -0.140. The molecule has 1 rings (SSSR count). The molecule has 15 heavy (non-hydrogen) atoms. The Balaban J connectivity index is 3.34. The molecule has 1 unspecified atom stereocenters. The van der Waals surface area contributed by atoms with E-state index in [9.17, 15) is 9.59 Å². The Morgan fingerprint density at radius 3 is 2.80 bits per heavy atom. The monoisotopic (exact) mass is 230 g/mol. The van der Waals surface area contributed by atoms with E-state index in [0.717, 1.165) is 4.68 Å². The molecule has 0 aliphatic heterocycles. The molecule has 0 aromatic carbocycles. The second-order valence-electron chi connectivity index (χ2n) is 3.09. The van der Waals surface area contributed by atoms with Crippen LogP contribution in [-0.4, -0.2) is 20.9 Å². The van der Waals surface area contributed by atoms with Crippen LogP contribution in [0.4, 0.5) is 0 Å². The predicted octanol–water partition coefficient (Wildman–Crippen LogP) is 1.10. The molecule has 0 saturated heterocycles. The van der Waals surface area contributed by atoms with E-state index in [1.54, 1.807) is 6.92 Å². The van der Waals surface area contributed by atoms with Gasteiger partial charge >= 0.3 is 5.97 Å². The molecule has 82 valence electrons. The van der Waals surface area contributed by atoms with Gasteiger partial charge in [-0.2, -0.15) is 5.10 Å². The van der Waals surface area contributed by atoms with Crippen LogP contribution in [0.2, 0.25) is 5.02 Å². The molecule has 5 nitrogen and oxygen atoms in total. The molecule has 1 N–H and O–H groups in total. The van der Waals surface area contributed by atoms with Gasteiger partial charge in [-0.25, -0.2) is 9.48 Å². The minimum absolute atomic E-state index is 0.274. The van der Waals surface area contributed by atoms with Crippen molar-refractivity contribution in [2.75, 3.05) is 0 Å². The normalized spacial score (nSPS) is 12.5. The zero-order chi connectivity index (χ0) is 11.6. The van der Waals surface area contributed by atoms with Crippen molar-refractivity contribution < 1.29 is 9.90 Å². The number of halogens is 1. The summed E-state index contributed by atoms with van der Waals surface area (Å²) >= 11 is 5.76. The molecule has 0 amide bonds. The van der Waals surface area contributed by atoms with Crippen molar-refractivity contribution in [1.82, 2.24) is 9.78 Å². The maximum atomic E-state index is 11.7. The molecule has 0 bridgehead atoms. The van der Waals surface area contributed by atoms with E-state index in [4.69, 9.17) is 16.7 Å². The van der Waals surface area contributed by atoms with Crippen LogP contribution in [0.3, 0.4) is 0 Å². The molecule has 0 spiro atoms. The van der Waals surface area contributed by atoms with Crippen LogP contribution in [-0.2, 0) is 11.2 Å². The quantitative estimate of drug-likeness (QED) is 0.844. The Hall–Kier alpha value is -1.36. The number of carboxylic acid groups (broad SMARTS) is 1. The number of hydrogen-bond acceptors (Lipinski definition) is 3. The number of aliphatic carboxylic acids is 1. The van der Waals surface area contributed by atoms with Gasteiger partial charge in [0.2, 0.25) is 0 Å². The SMILES string of the molecule is CCc1c(Cl)cnn(C(C)C(=O)O)c1=O. The number of nitrogens with zero attached hydrogens (tertiary/aromatic N) is 2. The molecular weight excluding hydrogens is 220 g/mol. The first-order valence-corrected chi connectivity index (χ1v) is 4.85. The Labute approximate surface area is 91.3 Å². The summed E-state index contributed by atoms with van der Waals surface area (Å²) in [5.74, 6) is -1.10. The van der Waals surface area contributed by atoms with Crippen molar-refractivity contribution >= 4 is 17.6 Å². The highest BCUT2D eigenvalue weighted by Crippen LogP contribution is 2.11. The van der Waals surface area contributed by atoms with Crippen molar-refractivity contribution in [2.45, 2.75) is 26.3 Å². The minimum atomic E-state index is -1.10. The van der Waals surface area contributed by atoms with Crippen molar-refractivity contribution in [1.29, 1.82) is 0 Å². The molecule has 0 saturated carbocycles. The highest BCUT2D eigenvalue weighted by atomic mass is 35.5. The predicted molar refractivity (Wildman–Crippen MR) is 55.2 cm³/mol. The molecule has 0 aliphatic rings. The summed E-state index contributed by atoms with van der Waals surface area (Å²) in [5.41, 5.74) is -0.0559. The van der Waals surface area contributed by atoms with Gasteiger partial charge in [-0.05, 0) is 13.3 Å². The van der Waals surface area contributed by atoms with E-state index in [1.165, 1.54) is 13.1 Å². The number of carboxylic acids is 1. The van der Waals surface area contributed by atoms with Crippen LogP contribution >= 0.6 is 11.6 Å². The van der Waals surface area contributed by atoms with Gasteiger partial charge in [-0.15, -0.1) is 0 Å².